The predicted molar refractivity (Wildman–Crippen MR) is 71.7 cm³/mol. The minimum absolute atomic E-state index is 0.00539. The quantitative estimate of drug-likeness (QED) is 0.910. The molecule has 104 valence electrons. The highest BCUT2D eigenvalue weighted by molar-refractivity contribution is 7.92. The molecule has 0 aliphatic heterocycles. The number of hydrogen-bond acceptors (Lipinski definition) is 5. The fraction of sp³-hybridized carbons (Fsp3) is 0.167. The topological polar surface area (TPSA) is 97.0 Å². The van der Waals surface area contributed by atoms with E-state index < -0.39 is 10.0 Å². The Hall–Kier alpha value is -2.53. The highest BCUT2D eigenvalue weighted by atomic mass is 32.2. The van der Waals surface area contributed by atoms with E-state index in [1.54, 1.807) is 7.05 Å². The largest absolute Gasteiger partial charge is 0.497 e. The first-order valence-corrected chi connectivity index (χ1v) is 7.05. The number of nitrogens with one attached hydrogen (secondary N) is 1. The molecule has 0 fully saturated rings. The molecule has 0 bridgehead atoms. The van der Waals surface area contributed by atoms with Gasteiger partial charge in [-0.2, -0.15) is 10.4 Å². The highest BCUT2D eigenvalue weighted by Gasteiger charge is 2.18. The predicted octanol–water partition coefficient (Wildman–Crippen LogP) is 1.10. The lowest BCUT2D eigenvalue weighted by Gasteiger charge is -2.06. The van der Waals surface area contributed by atoms with Gasteiger partial charge < -0.3 is 4.74 Å². The molecule has 7 nitrogen and oxygen atoms in total. The van der Waals surface area contributed by atoms with Crippen LogP contribution in [-0.2, 0) is 17.1 Å². The maximum atomic E-state index is 12.2. The fourth-order valence-electron chi connectivity index (χ4n) is 1.59. The summed E-state index contributed by atoms with van der Waals surface area (Å²) in [5.74, 6) is 0.560. The van der Waals surface area contributed by atoms with Crippen molar-refractivity contribution in [3.63, 3.8) is 0 Å². The van der Waals surface area contributed by atoms with Crippen LogP contribution in [0, 0.1) is 11.3 Å². The van der Waals surface area contributed by atoms with Crippen LogP contribution in [0.3, 0.4) is 0 Å². The summed E-state index contributed by atoms with van der Waals surface area (Å²) in [4.78, 5) is 0.0628. The van der Waals surface area contributed by atoms with Gasteiger partial charge in [-0.15, -0.1) is 0 Å². The number of anilines is 1. The van der Waals surface area contributed by atoms with Crippen molar-refractivity contribution in [1.29, 1.82) is 5.26 Å². The number of ether oxygens (including phenoxy) is 1. The van der Waals surface area contributed by atoms with Crippen LogP contribution < -0.4 is 9.46 Å². The van der Waals surface area contributed by atoms with Crippen LogP contribution in [0.1, 0.15) is 5.56 Å². The SMILES string of the molecule is COc1ccc(S(=O)(=O)Nc2nn(C)cc2C#N)cc1. The molecule has 1 heterocycles. The third-order valence-electron chi connectivity index (χ3n) is 2.55. The molecule has 8 heteroatoms. The van der Waals surface area contributed by atoms with Gasteiger partial charge in [0.15, 0.2) is 5.82 Å². The molecule has 0 saturated carbocycles. The zero-order chi connectivity index (χ0) is 14.8. The molecule has 0 saturated heterocycles. The van der Waals surface area contributed by atoms with Gasteiger partial charge in [0.2, 0.25) is 0 Å². The van der Waals surface area contributed by atoms with Crippen molar-refractivity contribution >= 4 is 15.8 Å². The van der Waals surface area contributed by atoms with Crippen LogP contribution >= 0.6 is 0 Å². The fourth-order valence-corrected chi connectivity index (χ4v) is 2.60. The van der Waals surface area contributed by atoms with Gasteiger partial charge in [0.25, 0.3) is 10.0 Å². The maximum absolute atomic E-state index is 12.2. The summed E-state index contributed by atoms with van der Waals surface area (Å²) in [6.45, 7) is 0. The smallest absolute Gasteiger partial charge is 0.263 e. The molecule has 0 radical (unpaired) electrons. The van der Waals surface area contributed by atoms with Crippen molar-refractivity contribution in [3.8, 4) is 11.8 Å². The van der Waals surface area contributed by atoms with Crippen LogP contribution in [0.25, 0.3) is 0 Å². The molecule has 0 unspecified atom stereocenters. The molecule has 0 atom stereocenters. The number of nitrogens with zero attached hydrogens (tertiary/aromatic N) is 3. The second-order valence-electron chi connectivity index (χ2n) is 3.96. The standard InChI is InChI=1S/C12H12N4O3S/c1-16-8-9(7-13)12(14-16)15-20(17,18)11-5-3-10(19-2)4-6-11/h3-6,8H,1-2H3,(H,14,15). The highest BCUT2D eigenvalue weighted by Crippen LogP contribution is 2.20. The van der Waals surface area contributed by atoms with Gasteiger partial charge in [0.1, 0.15) is 17.4 Å². The number of benzene rings is 1. The summed E-state index contributed by atoms with van der Waals surface area (Å²) < 4.78 is 33.0. The van der Waals surface area contributed by atoms with Gasteiger partial charge in [-0.1, -0.05) is 0 Å². The van der Waals surface area contributed by atoms with Crippen LogP contribution in [0.5, 0.6) is 5.75 Å². The van der Waals surface area contributed by atoms with Crippen LogP contribution in [0.4, 0.5) is 5.82 Å². The Balaban J connectivity index is 2.33. The van der Waals surface area contributed by atoms with Crippen LogP contribution in [0.15, 0.2) is 35.4 Å². The van der Waals surface area contributed by atoms with E-state index in [0.717, 1.165) is 0 Å². The normalized spacial score (nSPS) is 10.8. The summed E-state index contributed by atoms with van der Waals surface area (Å²) in [5.41, 5.74) is 0.157. The average Bonchev–Trinajstić information content (AvgIpc) is 2.78. The van der Waals surface area contributed by atoms with E-state index in [1.807, 2.05) is 6.07 Å². The molecule has 0 aliphatic carbocycles. The van der Waals surface area contributed by atoms with E-state index in [0.29, 0.717) is 5.75 Å². The molecule has 20 heavy (non-hydrogen) atoms. The summed E-state index contributed by atoms with van der Waals surface area (Å²) in [6, 6.07) is 7.78. The number of aryl methyl sites for hydroxylation is 1. The molecular formula is C12H12N4O3S. The van der Waals surface area contributed by atoms with Gasteiger partial charge in [-0.05, 0) is 24.3 Å². The summed E-state index contributed by atoms with van der Waals surface area (Å²) in [6.07, 6.45) is 1.44. The molecule has 1 aromatic carbocycles. The lowest BCUT2D eigenvalue weighted by atomic mass is 10.3. The number of hydrogen-bond donors (Lipinski definition) is 1. The van der Waals surface area contributed by atoms with Gasteiger partial charge >= 0.3 is 0 Å². The molecule has 1 N–H and O–H groups in total. The number of aromatic nitrogens is 2. The molecule has 0 amide bonds. The van der Waals surface area contributed by atoms with Gasteiger partial charge in [-0.25, -0.2) is 8.42 Å². The van der Waals surface area contributed by atoms with Crippen LogP contribution in [0.2, 0.25) is 0 Å². The maximum Gasteiger partial charge on any atom is 0.263 e. The van der Waals surface area contributed by atoms with E-state index in [9.17, 15) is 8.42 Å². The molecule has 2 aromatic rings. The van der Waals surface area contributed by atoms with E-state index in [1.165, 1.54) is 42.3 Å². The van der Waals surface area contributed by atoms with Gasteiger partial charge in [-0.3, -0.25) is 9.40 Å². The first-order valence-electron chi connectivity index (χ1n) is 5.57. The summed E-state index contributed by atoms with van der Waals surface area (Å²) in [7, 11) is -0.692. The lowest BCUT2D eigenvalue weighted by Crippen LogP contribution is -2.14. The second kappa shape index (κ2) is 5.22. The van der Waals surface area contributed by atoms with E-state index in [2.05, 4.69) is 9.82 Å². The Bertz CT molecular complexity index is 757. The number of sulfonamides is 1. The minimum atomic E-state index is -3.79. The number of rotatable bonds is 4. The summed E-state index contributed by atoms with van der Waals surface area (Å²) >= 11 is 0. The molecule has 1 aromatic heterocycles. The van der Waals surface area contributed by atoms with E-state index in [-0.39, 0.29) is 16.3 Å². The van der Waals surface area contributed by atoms with Crippen LogP contribution in [-0.4, -0.2) is 25.3 Å². The number of methoxy groups -OCH3 is 1. The van der Waals surface area contributed by atoms with E-state index >= 15 is 0 Å². The van der Waals surface area contributed by atoms with Crippen molar-refractivity contribution < 1.29 is 13.2 Å². The van der Waals surface area contributed by atoms with Crippen molar-refractivity contribution in [1.82, 2.24) is 9.78 Å². The molecular weight excluding hydrogens is 280 g/mol. The Morgan fingerprint density at radius 1 is 1.35 bits per heavy atom. The van der Waals surface area contributed by atoms with Gasteiger partial charge in [0, 0.05) is 13.2 Å². The molecule has 0 aliphatic rings. The van der Waals surface area contributed by atoms with Gasteiger partial charge in [0.05, 0.1) is 12.0 Å². The van der Waals surface area contributed by atoms with Crippen molar-refractivity contribution in [2.24, 2.45) is 7.05 Å². The first-order chi connectivity index (χ1) is 9.46. The Labute approximate surface area is 116 Å². The monoisotopic (exact) mass is 292 g/mol. The van der Waals surface area contributed by atoms with Crippen molar-refractivity contribution in [2.75, 3.05) is 11.8 Å². The molecule has 2 rings (SSSR count). The Morgan fingerprint density at radius 3 is 2.55 bits per heavy atom. The lowest BCUT2D eigenvalue weighted by molar-refractivity contribution is 0.414. The minimum Gasteiger partial charge on any atom is -0.497 e. The zero-order valence-electron chi connectivity index (χ0n) is 10.9. The molecule has 0 spiro atoms. The Kier molecular flexibility index (Phi) is 3.63. The van der Waals surface area contributed by atoms with E-state index in [4.69, 9.17) is 10.00 Å². The third kappa shape index (κ3) is 2.73. The van der Waals surface area contributed by atoms with Crippen molar-refractivity contribution in [3.05, 3.63) is 36.0 Å². The average molecular weight is 292 g/mol. The zero-order valence-corrected chi connectivity index (χ0v) is 11.7. The van der Waals surface area contributed by atoms with Crippen molar-refractivity contribution in [2.45, 2.75) is 4.90 Å². The second-order valence-corrected chi connectivity index (χ2v) is 5.64. The first kappa shape index (κ1) is 13.9. The number of nitriles is 1. The third-order valence-corrected chi connectivity index (χ3v) is 3.90. The summed E-state index contributed by atoms with van der Waals surface area (Å²) in [5, 5.41) is 12.8. The Morgan fingerprint density at radius 2 is 2.00 bits per heavy atom.